The van der Waals surface area contributed by atoms with Crippen LogP contribution in [0.1, 0.15) is 49.8 Å². The highest BCUT2D eigenvalue weighted by atomic mass is 19.4. The number of aliphatic imine (C=N–C) groups is 1. The van der Waals surface area contributed by atoms with Crippen molar-refractivity contribution < 1.29 is 18.0 Å². The van der Waals surface area contributed by atoms with Crippen LogP contribution in [0, 0.1) is 0 Å². The molecule has 2 aromatic carbocycles. The molecule has 6 heteroatoms. The molecule has 140 valence electrons. The largest absolute Gasteiger partial charge is 0.416 e. The number of nitrogens with zero attached hydrogens (tertiary/aromatic N) is 2. The number of carbonyl (C=O) groups excluding carboxylic acids is 1. The van der Waals surface area contributed by atoms with Crippen LogP contribution in [0.3, 0.4) is 0 Å². The third kappa shape index (κ3) is 2.74. The van der Waals surface area contributed by atoms with Crippen molar-refractivity contribution in [2.24, 2.45) is 4.99 Å². The summed E-state index contributed by atoms with van der Waals surface area (Å²) < 4.78 is 39.0. The summed E-state index contributed by atoms with van der Waals surface area (Å²) in [5, 5.41) is 0. The fourth-order valence-electron chi connectivity index (χ4n) is 4.24. The number of halogens is 3. The molecular formula is C21H19F3N2O. The molecule has 0 aliphatic carbocycles. The van der Waals surface area contributed by atoms with Crippen molar-refractivity contribution in [2.45, 2.75) is 44.8 Å². The number of alkyl halides is 3. The number of carbonyl (C=O) groups is 1. The van der Waals surface area contributed by atoms with Crippen LogP contribution in [-0.4, -0.2) is 17.2 Å². The van der Waals surface area contributed by atoms with E-state index in [1.807, 2.05) is 32.0 Å². The zero-order chi connectivity index (χ0) is 19.6. The van der Waals surface area contributed by atoms with E-state index in [0.717, 1.165) is 29.8 Å². The van der Waals surface area contributed by atoms with Crippen LogP contribution in [0.2, 0.25) is 0 Å². The molecule has 2 aliphatic heterocycles. The van der Waals surface area contributed by atoms with Crippen LogP contribution in [0.25, 0.3) is 0 Å². The van der Waals surface area contributed by atoms with Gasteiger partial charge in [0.05, 0.1) is 16.9 Å². The van der Waals surface area contributed by atoms with Crippen molar-refractivity contribution in [2.75, 3.05) is 4.90 Å². The molecule has 1 amide bonds. The van der Waals surface area contributed by atoms with E-state index in [-0.39, 0.29) is 28.8 Å². The van der Waals surface area contributed by atoms with Gasteiger partial charge >= 0.3 is 6.18 Å². The number of rotatable bonds is 1. The quantitative estimate of drug-likeness (QED) is 0.654. The van der Waals surface area contributed by atoms with E-state index < -0.39 is 11.7 Å². The van der Waals surface area contributed by atoms with E-state index in [1.54, 1.807) is 4.90 Å². The van der Waals surface area contributed by atoms with E-state index in [1.165, 1.54) is 12.1 Å². The summed E-state index contributed by atoms with van der Waals surface area (Å²) in [7, 11) is 0. The molecule has 27 heavy (non-hydrogen) atoms. The van der Waals surface area contributed by atoms with E-state index in [9.17, 15) is 18.0 Å². The van der Waals surface area contributed by atoms with E-state index >= 15 is 0 Å². The van der Waals surface area contributed by atoms with Gasteiger partial charge in [-0.25, -0.2) is 4.99 Å². The van der Waals surface area contributed by atoms with Gasteiger partial charge in [-0.1, -0.05) is 31.2 Å². The highest BCUT2D eigenvalue weighted by molar-refractivity contribution is 6.55. The molecule has 2 aromatic rings. The van der Waals surface area contributed by atoms with E-state index in [0.29, 0.717) is 5.56 Å². The first-order valence-electron chi connectivity index (χ1n) is 8.83. The lowest BCUT2D eigenvalue weighted by Crippen LogP contribution is -2.50. The summed E-state index contributed by atoms with van der Waals surface area (Å²) in [6.07, 6.45) is -3.64. The molecule has 0 spiro atoms. The first kappa shape index (κ1) is 17.8. The van der Waals surface area contributed by atoms with Crippen LogP contribution in [0.4, 0.5) is 24.5 Å². The molecule has 3 nitrogen and oxygen atoms in total. The minimum absolute atomic E-state index is 0.122. The second-order valence-corrected chi connectivity index (χ2v) is 7.81. The third-order valence-corrected chi connectivity index (χ3v) is 5.31. The zero-order valence-electron chi connectivity index (χ0n) is 15.3. The van der Waals surface area contributed by atoms with Gasteiger partial charge in [-0.2, -0.15) is 13.2 Å². The normalized spacial score (nSPS) is 22.3. The molecule has 1 atom stereocenters. The van der Waals surface area contributed by atoms with Gasteiger partial charge in [0, 0.05) is 11.1 Å². The molecule has 0 radical (unpaired) electrons. The maximum atomic E-state index is 13.2. The predicted octanol–water partition coefficient (Wildman–Crippen LogP) is 5.46. The highest BCUT2D eigenvalue weighted by Crippen LogP contribution is 2.48. The predicted molar refractivity (Wildman–Crippen MR) is 98.7 cm³/mol. The Bertz CT molecular complexity index is 976. The van der Waals surface area contributed by atoms with Crippen LogP contribution in [0.15, 0.2) is 47.5 Å². The highest BCUT2D eigenvalue weighted by Gasteiger charge is 2.47. The molecule has 1 unspecified atom stereocenters. The minimum atomic E-state index is -4.45. The number of anilines is 1. The van der Waals surface area contributed by atoms with Crippen molar-refractivity contribution in [1.82, 2.24) is 0 Å². The summed E-state index contributed by atoms with van der Waals surface area (Å²) >= 11 is 0. The fourth-order valence-corrected chi connectivity index (χ4v) is 4.24. The van der Waals surface area contributed by atoms with Crippen molar-refractivity contribution in [1.29, 1.82) is 0 Å². The SMILES string of the molecule is CC1CC(C)(C)N2C(=O)C(=Nc3cccc(C(F)(F)F)c3)c3cccc1c32. The summed E-state index contributed by atoms with van der Waals surface area (Å²) in [6, 6.07) is 10.5. The van der Waals surface area contributed by atoms with E-state index in [2.05, 4.69) is 11.9 Å². The third-order valence-electron chi connectivity index (χ3n) is 5.31. The Hall–Kier alpha value is -2.63. The molecule has 4 rings (SSSR count). The van der Waals surface area contributed by atoms with Crippen LogP contribution < -0.4 is 4.90 Å². The maximum Gasteiger partial charge on any atom is 0.416 e. The topological polar surface area (TPSA) is 32.7 Å². The molecule has 0 fully saturated rings. The summed E-state index contributed by atoms with van der Waals surface area (Å²) in [5.74, 6) is 0.0265. The van der Waals surface area contributed by atoms with Crippen LogP contribution in [0.5, 0.6) is 0 Å². The van der Waals surface area contributed by atoms with Gasteiger partial charge in [-0.3, -0.25) is 4.79 Å². The minimum Gasteiger partial charge on any atom is -0.300 e. The smallest absolute Gasteiger partial charge is 0.300 e. The van der Waals surface area contributed by atoms with Gasteiger partial charge < -0.3 is 4.90 Å². The van der Waals surface area contributed by atoms with Gasteiger partial charge in [0.25, 0.3) is 5.91 Å². The Kier molecular flexibility index (Phi) is 3.74. The van der Waals surface area contributed by atoms with E-state index in [4.69, 9.17) is 0 Å². The van der Waals surface area contributed by atoms with Crippen molar-refractivity contribution in [3.63, 3.8) is 0 Å². The van der Waals surface area contributed by atoms with Gasteiger partial charge in [-0.15, -0.1) is 0 Å². The molecule has 0 N–H and O–H groups in total. The van der Waals surface area contributed by atoms with Crippen molar-refractivity contribution in [3.8, 4) is 0 Å². The fraction of sp³-hybridized carbons (Fsp3) is 0.333. The Labute approximate surface area is 155 Å². The summed E-state index contributed by atoms with van der Waals surface area (Å²) in [6.45, 7) is 6.14. The number of benzene rings is 2. The Morgan fingerprint density at radius 2 is 1.85 bits per heavy atom. The number of hydrogen-bond donors (Lipinski definition) is 0. The summed E-state index contributed by atoms with van der Waals surface area (Å²) in [4.78, 5) is 19.3. The Morgan fingerprint density at radius 1 is 1.15 bits per heavy atom. The lowest BCUT2D eigenvalue weighted by atomic mass is 9.80. The first-order chi connectivity index (χ1) is 12.6. The van der Waals surface area contributed by atoms with Crippen LogP contribution >= 0.6 is 0 Å². The first-order valence-corrected chi connectivity index (χ1v) is 8.83. The zero-order valence-corrected chi connectivity index (χ0v) is 15.3. The molecule has 0 bridgehead atoms. The molecule has 0 saturated heterocycles. The summed E-state index contributed by atoms with van der Waals surface area (Å²) in [5.41, 5.74) is 1.77. The number of amides is 1. The maximum absolute atomic E-state index is 13.2. The van der Waals surface area contributed by atoms with Crippen LogP contribution in [-0.2, 0) is 11.0 Å². The van der Waals surface area contributed by atoms with Gasteiger partial charge in [0.2, 0.25) is 0 Å². The lowest BCUT2D eigenvalue weighted by molar-refractivity contribution is -0.137. The lowest BCUT2D eigenvalue weighted by Gasteiger charge is -2.43. The average Bonchev–Trinajstić information content (AvgIpc) is 2.86. The van der Waals surface area contributed by atoms with Crippen molar-refractivity contribution in [3.05, 3.63) is 59.2 Å². The van der Waals surface area contributed by atoms with Crippen molar-refractivity contribution >= 4 is 23.0 Å². The molecule has 2 aliphatic rings. The standard InChI is InChI=1S/C21H19F3N2O/c1-12-11-20(2,3)26-18-15(12)8-5-9-16(18)17(19(26)27)25-14-7-4-6-13(10-14)21(22,23)24/h4-10,12H,11H2,1-3H3. The second-order valence-electron chi connectivity index (χ2n) is 7.81. The Morgan fingerprint density at radius 3 is 2.56 bits per heavy atom. The molecule has 2 heterocycles. The Balaban J connectivity index is 1.88. The van der Waals surface area contributed by atoms with Gasteiger partial charge in [0.15, 0.2) is 0 Å². The molecule has 0 aromatic heterocycles. The van der Waals surface area contributed by atoms with Gasteiger partial charge in [-0.05, 0) is 49.9 Å². The molecular weight excluding hydrogens is 353 g/mol. The second kappa shape index (κ2) is 5.68. The number of para-hydroxylation sites is 1. The number of hydrogen-bond acceptors (Lipinski definition) is 2. The van der Waals surface area contributed by atoms with Gasteiger partial charge in [0.1, 0.15) is 5.71 Å². The monoisotopic (exact) mass is 372 g/mol. The molecule has 0 saturated carbocycles. The average molecular weight is 372 g/mol.